The molecule has 5 nitrogen and oxygen atoms in total. The van der Waals surface area contributed by atoms with Crippen molar-refractivity contribution in [2.45, 2.75) is 19.0 Å². The maximum absolute atomic E-state index is 13.2. The zero-order chi connectivity index (χ0) is 19.6. The van der Waals surface area contributed by atoms with Crippen LogP contribution in [0, 0.1) is 0 Å². The lowest BCUT2D eigenvalue weighted by Crippen LogP contribution is -2.40. The van der Waals surface area contributed by atoms with Gasteiger partial charge in [0.15, 0.2) is 9.84 Å². The molecule has 1 atom stereocenters. The molecule has 2 aromatic carbocycles. The molecule has 27 heavy (non-hydrogen) atoms. The van der Waals surface area contributed by atoms with E-state index >= 15 is 0 Å². The van der Waals surface area contributed by atoms with E-state index in [2.05, 4.69) is 15.9 Å². The van der Waals surface area contributed by atoms with E-state index in [0.29, 0.717) is 23.0 Å². The number of amides is 1. The summed E-state index contributed by atoms with van der Waals surface area (Å²) in [6.07, 6.45) is 0.480. The molecular weight excluding hydrogens is 428 g/mol. The molecule has 1 amide bonds. The molecule has 7 heteroatoms. The standard InChI is InChI=1S/C20H23BrN2O3S/c1-22(2)16-9-7-15(8-10-16)13-23(17-11-12-27(25,26)14-17)20(24)18-5-3-4-6-19(18)21/h3-10,17H,11-14H2,1-2H3/t17-/m1/s1. The van der Waals surface area contributed by atoms with Crippen LogP contribution in [0.3, 0.4) is 0 Å². The number of benzene rings is 2. The minimum Gasteiger partial charge on any atom is -0.378 e. The maximum Gasteiger partial charge on any atom is 0.255 e. The number of sulfone groups is 1. The van der Waals surface area contributed by atoms with Gasteiger partial charge in [0.25, 0.3) is 5.91 Å². The third-order valence-corrected chi connectivity index (χ3v) is 7.26. The van der Waals surface area contributed by atoms with Crippen LogP contribution in [0.25, 0.3) is 0 Å². The Bertz CT molecular complexity index is 926. The van der Waals surface area contributed by atoms with E-state index in [-0.39, 0.29) is 23.5 Å². The van der Waals surface area contributed by atoms with Crippen molar-refractivity contribution in [3.8, 4) is 0 Å². The summed E-state index contributed by atoms with van der Waals surface area (Å²) in [5.41, 5.74) is 2.60. The Hall–Kier alpha value is -1.86. The molecule has 0 aliphatic carbocycles. The number of rotatable bonds is 5. The summed E-state index contributed by atoms with van der Waals surface area (Å²) in [5, 5.41) is 0. The van der Waals surface area contributed by atoms with Crippen LogP contribution in [-0.2, 0) is 16.4 Å². The molecule has 144 valence electrons. The third-order valence-electron chi connectivity index (χ3n) is 4.82. The highest BCUT2D eigenvalue weighted by atomic mass is 79.9. The van der Waals surface area contributed by atoms with Gasteiger partial charge in [-0.25, -0.2) is 8.42 Å². The fraction of sp³-hybridized carbons (Fsp3) is 0.350. The number of hydrogen-bond donors (Lipinski definition) is 0. The van der Waals surface area contributed by atoms with Crippen molar-refractivity contribution in [3.63, 3.8) is 0 Å². The van der Waals surface area contributed by atoms with Crippen molar-refractivity contribution < 1.29 is 13.2 Å². The van der Waals surface area contributed by atoms with Crippen LogP contribution >= 0.6 is 15.9 Å². The topological polar surface area (TPSA) is 57.7 Å². The quantitative estimate of drug-likeness (QED) is 0.700. The van der Waals surface area contributed by atoms with Gasteiger partial charge in [0, 0.05) is 36.8 Å². The minimum absolute atomic E-state index is 0.0268. The van der Waals surface area contributed by atoms with Crippen LogP contribution in [-0.4, -0.2) is 50.9 Å². The summed E-state index contributed by atoms with van der Waals surface area (Å²) in [6.45, 7) is 0.383. The predicted octanol–water partition coefficient (Wildman–Crippen LogP) is 3.34. The minimum atomic E-state index is -3.09. The highest BCUT2D eigenvalue weighted by molar-refractivity contribution is 9.10. The zero-order valence-corrected chi connectivity index (χ0v) is 17.8. The molecule has 0 N–H and O–H groups in total. The van der Waals surface area contributed by atoms with Gasteiger partial charge >= 0.3 is 0 Å². The van der Waals surface area contributed by atoms with Crippen LogP contribution < -0.4 is 4.90 Å². The van der Waals surface area contributed by atoms with Crippen LogP contribution in [0.15, 0.2) is 53.0 Å². The molecule has 1 aliphatic heterocycles. The summed E-state index contributed by atoms with van der Waals surface area (Å²) >= 11 is 3.44. The number of anilines is 1. The summed E-state index contributed by atoms with van der Waals surface area (Å²) in [7, 11) is 0.858. The number of nitrogens with zero attached hydrogens (tertiary/aromatic N) is 2. The fourth-order valence-electron chi connectivity index (χ4n) is 3.27. The van der Waals surface area contributed by atoms with Gasteiger partial charge < -0.3 is 9.80 Å². The molecule has 3 rings (SSSR count). The summed E-state index contributed by atoms with van der Waals surface area (Å²) in [4.78, 5) is 17.0. The normalized spacial score (nSPS) is 18.3. The lowest BCUT2D eigenvalue weighted by molar-refractivity contribution is 0.0680. The van der Waals surface area contributed by atoms with Crippen LogP contribution in [0.5, 0.6) is 0 Å². The molecule has 0 bridgehead atoms. The van der Waals surface area contributed by atoms with Crippen molar-refractivity contribution in [2.75, 3.05) is 30.5 Å². The first-order valence-corrected chi connectivity index (χ1v) is 11.4. The van der Waals surface area contributed by atoms with Crippen molar-refractivity contribution >= 4 is 37.4 Å². The van der Waals surface area contributed by atoms with E-state index in [9.17, 15) is 13.2 Å². The van der Waals surface area contributed by atoms with Crippen LogP contribution in [0.2, 0.25) is 0 Å². The van der Waals surface area contributed by atoms with E-state index in [1.165, 1.54) is 0 Å². The Morgan fingerprint density at radius 3 is 2.33 bits per heavy atom. The lowest BCUT2D eigenvalue weighted by atomic mass is 10.1. The first kappa shape index (κ1) is 19.9. The zero-order valence-electron chi connectivity index (χ0n) is 15.4. The van der Waals surface area contributed by atoms with Crippen LogP contribution in [0.4, 0.5) is 5.69 Å². The van der Waals surface area contributed by atoms with Gasteiger partial charge in [0.1, 0.15) is 0 Å². The second-order valence-electron chi connectivity index (χ2n) is 7.03. The Kier molecular flexibility index (Phi) is 5.91. The van der Waals surface area contributed by atoms with E-state index in [0.717, 1.165) is 11.3 Å². The predicted molar refractivity (Wildman–Crippen MR) is 112 cm³/mol. The Labute approximate surface area is 169 Å². The van der Waals surface area contributed by atoms with Crippen LogP contribution in [0.1, 0.15) is 22.3 Å². The largest absolute Gasteiger partial charge is 0.378 e. The second-order valence-corrected chi connectivity index (χ2v) is 10.1. The summed E-state index contributed by atoms with van der Waals surface area (Å²) in [6, 6.07) is 14.9. The highest BCUT2D eigenvalue weighted by Crippen LogP contribution is 2.25. The van der Waals surface area contributed by atoms with Gasteiger partial charge in [-0.3, -0.25) is 4.79 Å². The molecule has 1 aliphatic rings. The van der Waals surface area contributed by atoms with Gasteiger partial charge in [-0.2, -0.15) is 0 Å². The van der Waals surface area contributed by atoms with Crippen molar-refractivity contribution in [2.24, 2.45) is 0 Å². The van der Waals surface area contributed by atoms with E-state index in [1.54, 1.807) is 11.0 Å². The molecule has 0 spiro atoms. The van der Waals surface area contributed by atoms with E-state index < -0.39 is 9.84 Å². The maximum atomic E-state index is 13.2. The third kappa shape index (κ3) is 4.71. The Morgan fingerprint density at radius 1 is 1.11 bits per heavy atom. The van der Waals surface area contributed by atoms with Gasteiger partial charge in [-0.15, -0.1) is 0 Å². The summed E-state index contributed by atoms with van der Waals surface area (Å²) in [5.74, 6) is 0.0110. The van der Waals surface area contributed by atoms with Crippen molar-refractivity contribution in [1.82, 2.24) is 4.90 Å². The molecule has 1 fully saturated rings. The van der Waals surface area contributed by atoms with E-state index in [1.807, 2.05) is 61.5 Å². The highest BCUT2D eigenvalue weighted by Gasteiger charge is 2.35. The summed E-state index contributed by atoms with van der Waals surface area (Å²) < 4.78 is 24.7. The second kappa shape index (κ2) is 8.02. The smallest absolute Gasteiger partial charge is 0.255 e. The Morgan fingerprint density at radius 2 is 1.78 bits per heavy atom. The number of hydrogen-bond acceptors (Lipinski definition) is 4. The monoisotopic (exact) mass is 450 g/mol. The lowest BCUT2D eigenvalue weighted by Gasteiger charge is -2.29. The number of carbonyl (C=O) groups is 1. The first-order valence-electron chi connectivity index (χ1n) is 8.79. The molecule has 0 saturated carbocycles. The molecular formula is C20H23BrN2O3S. The molecule has 0 aromatic heterocycles. The number of carbonyl (C=O) groups excluding carboxylic acids is 1. The fourth-order valence-corrected chi connectivity index (χ4v) is 5.46. The van der Waals surface area contributed by atoms with Gasteiger partial charge in [-0.05, 0) is 52.2 Å². The molecule has 1 heterocycles. The van der Waals surface area contributed by atoms with Gasteiger partial charge in [-0.1, -0.05) is 24.3 Å². The molecule has 0 unspecified atom stereocenters. The number of halogens is 1. The molecule has 0 radical (unpaired) electrons. The Balaban J connectivity index is 1.90. The van der Waals surface area contributed by atoms with Crippen molar-refractivity contribution in [1.29, 1.82) is 0 Å². The average molecular weight is 451 g/mol. The van der Waals surface area contributed by atoms with E-state index in [4.69, 9.17) is 0 Å². The van der Waals surface area contributed by atoms with Crippen molar-refractivity contribution in [3.05, 3.63) is 64.1 Å². The SMILES string of the molecule is CN(C)c1ccc(CN(C(=O)c2ccccc2Br)[C@@H]2CCS(=O)(=O)C2)cc1. The van der Waals surface area contributed by atoms with Gasteiger partial charge in [0.05, 0.1) is 17.1 Å². The van der Waals surface area contributed by atoms with Gasteiger partial charge in [0.2, 0.25) is 0 Å². The average Bonchev–Trinajstić information content (AvgIpc) is 2.99. The first-order chi connectivity index (χ1) is 12.8. The molecule has 1 saturated heterocycles. The molecule has 2 aromatic rings.